The maximum atomic E-state index is 4.80. The largest absolute Gasteiger partial charge is 0.366 e. The number of nitrogens with one attached hydrogen (secondary N) is 2. The van der Waals surface area contributed by atoms with Crippen molar-refractivity contribution in [1.29, 1.82) is 0 Å². The summed E-state index contributed by atoms with van der Waals surface area (Å²) in [4.78, 5) is 9.57. The minimum absolute atomic E-state index is 0.413. The van der Waals surface area contributed by atoms with Crippen molar-refractivity contribution in [3.05, 3.63) is 66.7 Å². The van der Waals surface area contributed by atoms with Crippen LogP contribution < -0.4 is 10.6 Å². The van der Waals surface area contributed by atoms with Crippen molar-refractivity contribution in [2.45, 2.75) is 18.9 Å². The number of nitrogens with zero attached hydrogens (tertiary/aromatic N) is 2. The first-order chi connectivity index (χ1) is 12.4. The quantitative estimate of drug-likeness (QED) is 0.760. The average molecular weight is 330 g/mol. The molecule has 1 aromatic heterocycles. The molecule has 0 bridgehead atoms. The predicted octanol–water partition coefficient (Wildman–Crippen LogP) is 3.97. The molecule has 4 rings (SSSR count). The molecule has 1 saturated heterocycles. The van der Waals surface area contributed by atoms with Crippen LogP contribution in [0.3, 0.4) is 0 Å². The van der Waals surface area contributed by atoms with Crippen molar-refractivity contribution in [2.75, 3.05) is 18.4 Å². The maximum absolute atomic E-state index is 4.80. The molecule has 0 aliphatic carbocycles. The van der Waals surface area contributed by atoms with Crippen LogP contribution in [0.5, 0.6) is 0 Å². The lowest BCUT2D eigenvalue weighted by molar-refractivity contribution is 0.479. The second kappa shape index (κ2) is 7.45. The second-order valence-electron chi connectivity index (χ2n) is 6.38. The molecular weight excluding hydrogens is 308 g/mol. The third kappa shape index (κ3) is 3.86. The summed E-state index contributed by atoms with van der Waals surface area (Å²) in [6.45, 7) is 2.08. The smallest absolute Gasteiger partial charge is 0.162 e. The van der Waals surface area contributed by atoms with Gasteiger partial charge in [-0.05, 0) is 19.4 Å². The predicted molar refractivity (Wildman–Crippen MR) is 102 cm³/mol. The van der Waals surface area contributed by atoms with Crippen LogP contribution in [0.25, 0.3) is 22.6 Å². The topological polar surface area (TPSA) is 49.8 Å². The van der Waals surface area contributed by atoms with Gasteiger partial charge in [0.25, 0.3) is 0 Å². The SMILES string of the molecule is c1ccc(-c2cc(NC3CCCNC3)nc(-c3ccccc3)n2)cc1. The summed E-state index contributed by atoms with van der Waals surface area (Å²) in [5, 5.41) is 7.03. The van der Waals surface area contributed by atoms with Crippen LogP contribution in [-0.4, -0.2) is 29.1 Å². The zero-order chi connectivity index (χ0) is 16.9. The first kappa shape index (κ1) is 15.8. The summed E-state index contributed by atoms with van der Waals surface area (Å²) >= 11 is 0. The Kier molecular flexibility index (Phi) is 4.70. The van der Waals surface area contributed by atoms with Crippen LogP contribution in [-0.2, 0) is 0 Å². The molecule has 2 N–H and O–H groups in total. The van der Waals surface area contributed by atoms with Crippen molar-refractivity contribution < 1.29 is 0 Å². The first-order valence-corrected chi connectivity index (χ1v) is 8.86. The van der Waals surface area contributed by atoms with Gasteiger partial charge in [0.2, 0.25) is 0 Å². The lowest BCUT2D eigenvalue weighted by atomic mass is 10.1. The molecule has 2 aromatic carbocycles. The summed E-state index contributed by atoms with van der Waals surface area (Å²) in [6, 6.07) is 22.9. The van der Waals surface area contributed by atoms with Crippen molar-refractivity contribution in [3.8, 4) is 22.6 Å². The van der Waals surface area contributed by atoms with Crippen LogP contribution in [0.1, 0.15) is 12.8 Å². The van der Waals surface area contributed by atoms with Gasteiger partial charge >= 0.3 is 0 Å². The highest BCUT2D eigenvalue weighted by Gasteiger charge is 2.15. The summed E-state index contributed by atoms with van der Waals surface area (Å²) in [6.07, 6.45) is 2.36. The molecule has 0 radical (unpaired) electrons. The van der Waals surface area contributed by atoms with Crippen LogP contribution in [0.4, 0.5) is 5.82 Å². The highest BCUT2D eigenvalue weighted by atomic mass is 15.1. The van der Waals surface area contributed by atoms with Crippen molar-refractivity contribution in [3.63, 3.8) is 0 Å². The molecule has 3 aromatic rings. The lowest BCUT2D eigenvalue weighted by Crippen LogP contribution is -2.38. The maximum Gasteiger partial charge on any atom is 0.162 e. The Morgan fingerprint density at radius 1 is 0.880 bits per heavy atom. The van der Waals surface area contributed by atoms with Gasteiger partial charge in [0.05, 0.1) is 5.69 Å². The Bertz CT molecular complexity index is 754. The Hall–Kier alpha value is -2.72. The first-order valence-electron chi connectivity index (χ1n) is 8.86. The number of hydrogen-bond acceptors (Lipinski definition) is 4. The van der Waals surface area contributed by atoms with Gasteiger partial charge in [0, 0.05) is 29.8 Å². The van der Waals surface area contributed by atoms with E-state index in [-0.39, 0.29) is 0 Å². The van der Waals surface area contributed by atoms with E-state index in [1.165, 1.54) is 12.8 Å². The zero-order valence-corrected chi connectivity index (χ0v) is 14.2. The molecule has 4 heteroatoms. The Labute approximate surface area is 148 Å². The van der Waals surface area contributed by atoms with E-state index in [0.717, 1.165) is 41.6 Å². The number of aromatic nitrogens is 2. The molecule has 126 valence electrons. The zero-order valence-electron chi connectivity index (χ0n) is 14.2. The molecule has 1 atom stereocenters. The van der Waals surface area contributed by atoms with Crippen LogP contribution in [0, 0.1) is 0 Å². The highest BCUT2D eigenvalue weighted by molar-refractivity contribution is 5.67. The number of piperidine rings is 1. The summed E-state index contributed by atoms with van der Waals surface area (Å²) in [5.74, 6) is 1.65. The van der Waals surface area contributed by atoms with Crippen molar-refractivity contribution in [2.24, 2.45) is 0 Å². The molecule has 1 aliphatic heterocycles. The standard InChI is InChI=1S/C21H22N4/c1-3-8-16(9-4-1)19-14-20(23-18-12-7-13-22-15-18)25-21(24-19)17-10-5-2-6-11-17/h1-6,8-11,14,18,22H,7,12-13,15H2,(H,23,24,25). The van der Waals surface area contributed by atoms with Crippen LogP contribution >= 0.6 is 0 Å². The summed E-state index contributed by atoms with van der Waals surface area (Å²) < 4.78 is 0. The molecular formula is C21H22N4. The number of benzene rings is 2. The van der Waals surface area contributed by atoms with Gasteiger partial charge in [-0.15, -0.1) is 0 Å². The second-order valence-corrected chi connectivity index (χ2v) is 6.38. The van der Waals surface area contributed by atoms with Gasteiger partial charge in [0.1, 0.15) is 5.82 Å². The van der Waals surface area contributed by atoms with Gasteiger partial charge < -0.3 is 10.6 Å². The van der Waals surface area contributed by atoms with Gasteiger partial charge in [-0.3, -0.25) is 0 Å². The Morgan fingerprint density at radius 3 is 2.28 bits per heavy atom. The molecule has 0 saturated carbocycles. The molecule has 0 spiro atoms. The molecule has 25 heavy (non-hydrogen) atoms. The third-order valence-corrected chi connectivity index (χ3v) is 4.48. The minimum atomic E-state index is 0.413. The molecule has 1 aliphatic rings. The van der Waals surface area contributed by atoms with Gasteiger partial charge in [-0.25, -0.2) is 9.97 Å². The fourth-order valence-electron chi connectivity index (χ4n) is 3.18. The van der Waals surface area contributed by atoms with E-state index >= 15 is 0 Å². The van der Waals surface area contributed by atoms with Gasteiger partial charge in [-0.1, -0.05) is 60.7 Å². The molecule has 2 heterocycles. The number of anilines is 1. The summed E-state index contributed by atoms with van der Waals surface area (Å²) in [5.41, 5.74) is 3.08. The Balaban J connectivity index is 1.72. The normalized spacial score (nSPS) is 17.2. The van der Waals surface area contributed by atoms with E-state index in [9.17, 15) is 0 Å². The van der Waals surface area contributed by atoms with E-state index in [1.807, 2.05) is 36.4 Å². The lowest BCUT2D eigenvalue weighted by Gasteiger charge is -2.24. The van der Waals surface area contributed by atoms with E-state index in [0.29, 0.717) is 6.04 Å². The summed E-state index contributed by atoms with van der Waals surface area (Å²) in [7, 11) is 0. The monoisotopic (exact) mass is 330 g/mol. The van der Waals surface area contributed by atoms with E-state index in [4.69, 9.17) is 9.97 Å². The van der Waals surface area contributed by atoms with E-state index in [2.05, 4.69) is 41.0 Å². The van der Waals surface area contributed by atoms with Gasteiger partial charge in [0.15, 0.2) is 5.82 Å². The highest BCUT2D eigenvalue weighted by Crippen LogP contribution is 2.25. The third-order valence-electron chi connectivity index (χ3n) is 4.48. The molecule has 1 fully saturated rings. The number of rotatable bonds is 4. The fourth-order valence-corrected chi connectivity index (χ4v) is 3.18. The minimum Gasteiger partial charge on any atom is -0.366 e. The van der Waals surface area contributed by atoms with E-state index in [1.54, 1.807) is 0 Å². The van der Waals surface area contributed by atoms with Crippen molar-refractivity contribution >= 4 is 5.82 Å². The Morgan fingerprint density at radius 2 is 1.60 bits per heavy atom. The number of hydrogen-bond donors (Lipinski definition) is 2. The fraction of sp³-hybridized carbons (Fsp3) is 0.238. The molecule has 4 nitrogen and oxygen atoms in total. The van der Waals surface area contributed by atoms with E-state index < -0.39 is 0 Å². The molecule has 1 unspecified atom stereocenters. The van der Waals surface area contributed by atoms with Crippen LogP contribution in [0.2, 0.25) is 0 Å². The van der Waals surface area contributed by atoms with Crippen LogP contribution in [0.15, 0.2) is 66.7 Å². The van der Waals surface area contributed by atoms with Gasteiger partial charge in [-0.2, -0.15) is 0 Å². The van der Waals surface area contributed by atoms with Crippen molar-refractivity contribution in [1.82, 2.24) is 15.3 Å². The molecule has 0 amide bonds. The average Bonchev–Trinajstić information content (AvgIpc) is 2.70.